The van der Waals surface area contributed by atoms with E-state index in [1.165, 1.54) is 6.07 Å². The van der Waals surface area contributed by atoms with Crippen molar-refractivity contribution in [2.24, 2.45) is 10.4 Å². The first-order valence-electron chi connectivity index (χ1n) is 6.37. The maximum absolute atomic E-state index is 13.7. The normalized spacial score (nSPS) is 19.1. The second kappa shape index (κ2) is 6.02. The highest BCUT2D eigenvalue weighted by Crippen LogP contribution is 2.34. The second-order valence-corrected chi connectivity index (χ2v) is 8.16. The monoisotopic (exact) mass is 362 g/mol. The van der Waals surface area contributed by atoms with Crippen molar-refractivity contribution in [1.82, 2.24) is 0 Å². The predicted octanol–water partition coefficient (Wildman–Crippen LogP) is 5.05. The van der Waals surface area contributed by atoms with Gasteiger partial charge in [-0.15, -0.1) is 0 Å². The Kier molecular flexibility index (Phi) is 4.74. The van der Waals surface area contributed by atoms with Gasteiger partial charge in [-0.25, -0.2) is 8.78 Å². The van der Waals surface area contributed by atoms with Crippen LogP contribution in [0, 0.1) is 17.0 Å². The molecule has 2 nitrogen and oxygen atoms in total. The summed E-state index contributed by atoms with van der Waals surface area (Å²) in [6, 6.07) is 2.10. The molecule has 1 N–H and O–H groups in total. The number of hydrogen-bond acceptors (Lipinski definition) is 3. The summed E-state index contributed by atoms with van der Waals surface area (Å²) < 4.78 is 27.1. The first-order valence-corrected chi connectivity index (χ1v) is 8.04. The zero-order valence-electron chi connectivity index (χ0n) is 11.6. The zero-order valence-corrected chi connectivity index (χ0v) is 14.0. The minimum atomic E-state index is -0.626. The van der Waals surface area contributed by atoms with Crippen molar-refractivity contribution >= 4 is 38.5 Å². The van der Waals surface area contributed by atoms with Gasteiger partial charge >= 0.3 is 0 Å². The predicted molar refractivity (Wildman–Crippen MR) is 85.4 cm³/mol. The van der Waals surface area contributed by atoms with E-state index < -0.39 is 11.6 Å². The van der Waals surface area contributed by atoms with Gasteiger partial charge in [0.05, 0.1) is 12.2 Å². The van der Waals surface area contributed by atoms with Gasteiger partial charge in [-0.2, -0.15) is 0 Å². The smallest absolute Gasteiger partial charge is 0.161 e. The molecule has 1 aliphatic heterocycles. The first-order chi connectivity index (χ1) is 9.24. The molecule has 110 valence electrons. The van der Waals surface area contributed by atoms with Crippen molar-refractivity contribution in [3.05, 3.63) is 28.2 Å². The molecule has 1 heterocycles. The summed E-state index contributed by atoms with van der Waals surface area (Å²) in [5.74, 6) is -1.23. The SMILES string of the molecule is CC(C)(C)CC1CN=C(Nc2c(F)cc(F)cc2Br)S1. The highest BCUT2D eigenvalue weighted by atomic mass is 79.9. The molecule has 1 aromatic carbocycles. The summed E-state index contributed by atoms with van der Waals surface area (Å²) in [5.41, 5.74) is 0.471. The molecule has 0 bridgehead atoms. The van der Waals surface area contributed by atoms with Crippen LogP contribution < -0.4 is 5.32 Å². The van der Waals surface area contributed by atoms with Crippen LogP contribution in [0.1, 0.15) is 27.2 Å². The number of halogens is 3. The number of amidine groups is 1. The van der Waals surface area contributed by atoms with E-state index in [1.807, 2.05) is 0 Å². The van der Waals surface area contributed by atoms with E-state index in [9.17, 15) is 8.78 Å². The summed E-state index contributed by atoms with van der Waals surface area (Å²) >= 11 is 4.77. The number of hydrogen-bond donors (Lipinski definition) is 1. The molecule has 0 aromatic heterocycles. The van der Waals surface area contributed by atoms with Gasteiger partial charge in [-0.1, -0.05) is 32.5 Å². The van der Waals surface area contributed by atoms with Crippen LogP contribution in [-0.2, 0) is 0 Å². The van der Waals surface area contributed by atoms with Crippen LogP contribution in [0.4, 0.5) is 14.5 Å². The maximum Gasteiger partial charge on any atom is 0.161 e. The van der Waals surface area contributed by atoms with Crippen molar-refractivity contribution in [2.45, 2.75) is 32.4 Å². The van der Waals surface area contributed by atoms with E-state index in [-0.39, 0.29) is 11.1 Å². The Hall–Kier alpha value is -0.620. The molecule has 0 saturated carbocycles. The van der Waals surface area contributed by atoms with Crippen LogP contribution >= 0.6 is 27.7 Å². The molecule has 0 aliphatic carbocycles. The summed E-state index contributed by atoms with van der Waals surface area (Å²) in [4.78, 5) is 4.39. The lowest BCUT2D eigenvalue weighted by atomic mass is 9.90. The van der Waals surface area contributed by atoms with Gasteiger partial charge in [0.25, 0.3) is 0 Å². The summed E-state index contributed by atoms with van der Waals surface area (Å²) in [7, 11) is 0. The maximum atomic E-state index is 13.7. The Balaban J connectivity index is 2.03. The average molecular weight is 363 g/mol. The van der Waals surface area contributed by atoms with Crippen LogP contribution in [0.3, 0.4) is 0 Å². The van der Waals surface area contributed by atoms with Gasteiger partial charge in [-0.05, 0) is 33.8 Å². The molecule has 20 heavy (non-hydrogen) atoms. The van der Waals surface area contributed by atoms with Crippen molar-refractivity contribution < 1.29 is 8.78 Å². The van der Waals surface area contributed by atoms with Crippen LogP contribution in [0.15, 0.2) is 21.6 Å². The second-order valence-electron chi connectivity index (χ2n) is 6.02. The third-order valence-electron chi connectivity index (χ3n) is 2.80. The lowest BCUT2D eigenvalue weighted by Gasteiger charge is -2.21. The highest BCUT2D eigenvalue weighted by Gasteiger charge is 2.25. The third-order valence-corrected chi connectivity index (χ3v) is 4.52. The van der Waals surface area contributed by atoms with Crippen LogP contribution in [-0.4, -0.2) is 17.0 Å². The number of aliphatic imine (C=N–C) groups is 1. The van der Waals surface area contributed by atoms with Gasteiger partial charge < -0.3 is 5.32 Å². The fraction of sp³-hybridized carbons (Fsp3) is 0.500. The van der Waals surface area contributed by atoms with Crippen molar-refractivity contribution in [2.75, 3.05) is 11.9 Å². The van der Waals surface area contributed by atoms with Gasteiger partial charge in [0, 0.05) is 15.8 Å². The van der Waals surface area contributed by atoms with Crippen LogP contribution in [0.5, 0.6) is 0 Å². The number of rotatable bonds is 2. The molecule has 6 heteroatoms. The largest absolute Gasteiger partial charge is 0.332 e. The standard InChI is InChI=1S/C14H17BrF2N2S/c1-14(2,3)6-9-7-18-13(20-9)19-12-10(15)4-8(16)5-11(12)17/h4-5,9H,6-7H2,1-3H3,(H,18,19). The Labute approximate surface area is 130 Å². The molecule has 1 unspecified atom stereocenters. The van der Waals surface area contributed by atoms with Gasteiger partial charge in [0.2, 0.25) is 0 Å². The Bertz CT molecular complexity index is 517. The fourth-order valence-electron chi connectivity index (χ4n) is 2.04. The van der Waals surface area contributed by atoms with E-state index in [4.69, 9.17) is 0 Å². The minimum Gasteiger partial charge on any atom is -0.332 e. The molecule has 0 spiro atoms. The number of benzene rings is 1. The number of thioether (sulfide) groups is 1. The number of nitrogens with zero attached hydrogens (tertiary/aromatic N) is 1. The highest BCUT2D eigenvalue weighted by molar-refractivity contribution is 9.10. The van der Waals surface area contributed by atoms with E-state index in [0.29, 0.717) is 14.9 Å². The Morgan fingerprint density at radius 3 is 2.70 bits per heavy atom. The fourth-order valence-corrected chi connectivity index (χ4v) is 3.91. The van der Waals surface area contributed by atoms with Crippen molar-refractivity contribution in [3.63, 3.8) is 0 Å². The lowest BCUT2D eigenvalue weighted by Crippen LogP contribution is -2.16. The molecule has 2 rings (SSSR count). The molecule has 1 aromatic rings. The average Bonchev–Trinajstić information content (AvgIpc) is 2.68. The topological polar surface area (TPSA) is 24.4 Å². The quantitative estimate of drug-likeness (QED) is 0.796. The molecule has 0 saturated heterocycles. The van der Waals surface area contributed by atoms with Gasteiger partial charge in [0.1, 0.15) is 5.82 Å². The van der Waals surface area contributed by atoms with Crippen molar-refractivity contribution in [3.8, 4) is 0 Å². The van der Waals surface area contributed by atoms with Crippen LogP contribution in [0.25, 0.3) is 0 Å². The third kappa shape index (κ3) is 4.19. The van der Waals surface area contributed by atoms with E-state index in [0.717, 1.165) is 19.0 Å². The lowest BCUT2D eigenvalue weighted by molar-refractivity contribution is 0.375. The molecule has 0 amide bonds. The Morgan fingerprint density at radius 2 is 2.10 bits per heavy atom. The summed E-state index contributed by atoms with van der Waals surface area (Å²) in [5, 5.41) is 4.03. The Morgan fingerprint density at radius 1 is 1.40 bits per heavy atom. The molecule has 1 atom stereocenters. The summed E-state index contributed by atoms with van der Waals surface area (Å²) in [6.45, 7) is 7.30. The number of anilines is 1. The molecule has 1 aliphatic rings. The number of nitrogens with one attached hydrogen (secondary N) is 1. The molecular weight excluding hydrogens is 346 g/mol. The molecular formula is C14H17BrF2N2S. The van der Waals surface area contributed by atoms with Gasteiger partial charge in [-0.3, -0.25) is 4.99 Å². The minimum absolute atomic E-state index is 0.231. The zero-order chi connectivity index (χ0) is 14.9. The van der Waals surface area contributed by atoms with Crippen molar-refractivity contribution in [1.29, 1.82) is 0 Å². The van der Waals surface area contributed by atoms with Crippen LogP contribution in [0.2, 0.25) is 0 Å². The van der Waals surface area contributed by atoms with E-state index in [2.05, 4.69) is 47.0 Å². The summed E-state index contributed by atoms with van der Waals surface area (Å²) in [6.07, 6.45) is 1.04. The van der Waals surface area contributed by atoms with E-state index in [1.54, 1.807) is 11.8 Å². The first kappa shape index (κ1) is 15.8. The van der Waals surface area contributed by atoms with E-state index >= 15 is 0 Å². The molecule has 0 radical (unpaired) electrons. The van der Waals surface area contributed by atoms with Gasteiger partial charge in [0.15, 0.2) is 11.0 Å². The molecule has 0 fully saturated rings.